The maximum absolute atomic E-state index is 12.6. The van der Waals surface area contributed by atoms with E-state index in [1.807, 2.05) is 36.1 Å². The van der Waals surface area contributed by atoms with E-state index in [9.17, 15) is 4.79 Å². The summed E-state index contributed by atoms with van der Waals surface area (Å²) in [6.07, 6.45) is 2.26. The van der Waals surface area contributed by atoms with Crippen LogP contribution in [0.25, 0.3) is 0 Å². The quantitative estimate of drug-likeness (QED) is 0.627. The van der Waals surface area contributed by atoms with Crippen LogP contribution in [-0.4, -0.2) is 78.9 Å². The van der Waals surface area contributed by atoms with E-state index in [-0.39, 0.29) is 11.9 Å². The first kappa shape index (κ1) is 20.2. The lowest BCUT2D eigenvalue weighted by molar-refractivity contribution is -0.135. The molecule has 2 heterocycles. The van der Waals surface area contributed by atoms with E-state index >= 15 is 0 Å². The Balaban J connectivity index is 1.48. The van der Waals surface area contributed by atoms with E-state index in [1.165, 1.54) is 0 Å². The Morgan fingerprint density at radius 3 is 2.32 bits per heavy atom. The molecule has 0 spiro atoms. The van der Waals surface area contributed by atoms with Crippen molar-refractivity contribution < 1.29 is 4.79 Å². The molecule has 0 bridgehead atoms. The van der Waals surface area contributed by atoms with Gasteiger partial charge in [0.1, 0.15) is 0 Å². The van der Waals surface area contributed by atoms with Crippen LogP contribution >= 0.6 is 0 Å². The molecule has 1 aromatic carbocycles. The van der Waals surface area contributed by atoms with Gasteiger partial charge in [-0.15, -0.1) is 0 Å². The Bertz CT molecular complexity index is 724. The summed E-state index contributed by atoms with van der Waals surface area (Å²) in [6, 6.07) is 9.67. The molecule has 3 rings (SSSR count). The van der Waals surface area contributed by atoms with Crippen LogP contribution in [0, 0.1) is 11.3 Å². The molecule has 1 aromatic rings. The maximum Gasteiger partial charge on any atom is 0.239 e. The molecule has 0 radical (unpaired) electrons. The molecule has 0 aliphatic carbocycles. The molecule has 1 N–H and O–H groups in total. The normalized spacial score (nSPS) is 19.4. The Morgan fingerprint density at radius 2 is 1.75 bits per heavy atom. The van der Waals surface area contributed by atoms with Crippen LogP contribution in [-0.2, 0) is 11.3 Å². The molecular weight excluding hydrogens is 352 g/mol. The number of piperazine rings is 1. The Kier molecular flexibility index (Phi) is 6.88. The third-order valence-corrected chi connectivity index (χ3v) is 5.68. The summed E-state index contributed by atoms with van der Waals surface area (Å²) in [6.45, 7) is 7.95. The third kappa shape index (κ3) is 4.82. The van der Waals surface area contributed by atoms with Crippen molar-refractivity contribution in [3.05, 3.63) is 35.4 Å². The highest BCUT2D eigenvalue weighted by atomic mass is 16.2. The minimum absolute atomic E-state index is 0.0473. The molecule has 2 aliphatic rings. The topological polar surface area (TPSA) is 75.0 Å². The van der Waals surface area contributed by atoms with Crippen molar-refractivity contribution in [2.45, 2.75) is 32.4 Å². The van der Waals surface area contributed by atoms with Crippen LogP contribution in [0.5, 0.6) is 0 Å². The van der Waals surface area contributed by atoms with Crippen LogP contribution < -0.4 is 5.32 Å². The molecule has 1 atom stereocenters. The summed E-state index contributed by atoms with van der Waals surface area (Å²) < 4.78 is 0. The number of carbonyl (C=O) groups excluding carboxylic acids is 1. The van der Waals surface area contributed by atoms with Gasteiger partial charge in [-0.05, 0) is 37.5 Å². The fourth-order valence-electron chi connectivity index (χ4n) is 3.89. The number of nitrogens with zero attached hydrogens (tertiary/aromatic N) is 5. The monoisotopic (exact) mass is 382 g/mol. The standard InChI is InChI=1S/C21H30N6O/c1-17(20(28)26-9-3-4-10-26)25-11-13-27(14-12-25)21(23-2)24-16-19-7-5-18(15-22)6-8-19/h5-8,17H,3-4,9-14,16H2,1-2H3,(H,23,24). The first-order chi connectivity index (χ1) is 13.6. The number of aliphatic imine (C=N–C) groups is 1. The highest BCUT2D eigenvalue weighted by Crippen LogP contribution is 2.14. The summed E-state index contributed by atoms with van der Waals surface area (Å²) in [7, 11) is 1.80. The minimum Gasteiger partial charge on any atom is -0.352 e. The number of hydrogen-bond donors (Lipinski definition) is 1. The lowest BCUT2D eigenvalue weighted by Crippen LogP contribution is -2.57. The van der Waals surface area contributed by atoms with E-state index in [2.05, 4.69) is 26.2 Å². The molecule has 0 saturated carbocycles. The van der Waals surface area contributed by atoms with Crippen molar-refractivity contribution in [2.75, 3.05) is 46.3 Å². The van der Waals surface area contributed by atoms with Gasteiger partial charge in [0.05, 0.1) is 17.7 Å². The Hall–Kier alpha value is -2.59. The van der Waals surface area contributed by atoms with Crippen LogP contribution in [0.2, 0.25) is 0 Å². The second-order valence-electron chi connectivity index (χ2n) is 7.44. The second kappa shape index (κ2) is 9.56. The van der Waals surface area contributed by atoms with Gasteiger partial charge in [0.25, 0.3) is 0 Å². The number of nitriles is 1. The van der Waals surface area contributed by atoms with Crippen LogP contribution in [0.4, 0.5) is 0 Å². The molecule has 2 fully saturated rings. The smallest absolute Gasteiger partial charge is 0.239 e. The van der Waals surface area contributed by atoms with Gasteiger partial charge in [-0.3, -0.25) is 14.7 Å². The predicted octanol–water partition coefficient (Wildman–Crippen LogP) is 1.26. The number of rotatable bonds is 4. The van der Waals surface area contributed by atoms with Crippen molar-refractivity contribution in [3.8, 4) is 6.07 Å². The second-order valence-corrected chi connectivity index (χ2v) is 7.44. The number of likely N-dealkylation sites (tertiary alicyclic amines) is 1. The van der Waals surface area contributed by atoms with E-state index in [0.717, 1.165) is 63.6 Å². The molecule has 0 aromatic heterocycles. The van der Waals surface area contributed by atoms with Crippen LogP contribution in [0.1, 0.15) is 30.9 Å². The summed E-state index contributed by atoms with van der Waals surface area (Å²) in [5.41, 5.74) is 1.78. The number of hydrogen-bond acceptors (Lipinski definition) is 4. The molecule has 7 heteroatoms. The average molecular weight is 383 g/mol. The van der Waals surface area contributed by atoms with Gasteiger partial charge in [0.15, 0.2) is 5.96 Å². The maximum atomic E-state index is 12.6. The molecule has 1 amide bonds. The van der Waals surface area contributed by atoms with Gasteiger partial charge in [-0.2, -0.15) is 5.26 Å². The van der Waals surface area contributed by atoms with Gasteiger partial charge in [0, 0.05) is 52.9 Å². The molecule has 28 heavy (non-hydrogen) atoms. The van der Waals surface area contributed by atoms with Crippen molar-refractivity contribution in [3.63, 3.8) is 0 Å². The van der Waals surface area contributed by atoms with Gasteiger partial charge in [-0.25, -0.2) is 0 Å². The first-order valence-electron chi connectivity index (χ1n) is 10.1. The van der Waals surface area contributed by atoms with Gasteiger partial charge in [0.2, 0.25) is 5.91 Å². The van der Waals surface area contributed by atoms with Gasteiger partial charge < -0.3 is 15.1 Å². The molecule has 1 unspecified atom stereocenters. The first-order valence-corrected chi connectivity index (χ1v) is 10.1. The molecule has 150 valence electrons. The van der Waals surface area contributed by atoms with E-state index < -0.39 is 0 Å². The van der Waals surface area contributed by atoms with E-state index in [0.29, 0.717) is 12.1 Å². The fourth-order valence-corrected chi connectivity index (χ4v) is 3.89. The lowest BCUT2D eigenvalue weighted by atomic mass is 10.1. The molecule has 7 nitrogen and oxygen atoms in total. The summed E-state index contributed by atoms with van der Waals surface area (Å²) in [5.74, 6) is 1.15. The zero-order chi connectivity index (χ0) is 19.9. The third-order valence-electron chi connectivity index (χ3n) is 5.68. The highest BCUT2D eigenvalue weighted by Gasteiger charge is 2.30. The number of amides is 1. The molecule has 2 saturated heterocycles. The van der Waals surface area contributed by atoms with E-state index in [1.54, 1.807) is 7.05 Å². The van der Waals surface area contributed by atoms with Crippen LogP contribution in [0.3, 0.4) is 0 Å². The lowest BCUT2D eigenvalue weighted by Gasteiger charge is -2.39. The van der Waals surface area contributed by atoms with E-state index in [4.69, 9.17) is 5.26 Å². The number of carbonyl (C=O) groups is 1. The number of nitrogens with one attached hydrogen (secondary N) is 1. The Labute approximate surface area is 167 Å². The molecular formula is C21H30N6O. The zero-order valence-corrected chi connectivity index (χ0v) is 16.9. The SMILES string of the molecule is CN=C(NCc1ccc(C#N)cc1)N1CCN(C(C)C(=O)N2CCCC2)CC1. The minimum atomic E-state index is -0.0473. The van der Waals surface area contributed by atoms with Crippen molar-refractivity contribution >= 4 is 11.9 Å². The van der Waals surface area contributed by atoms with Gasteiger partial charge >= 0.3 is 0 Å². The van der Waals surface area contributed by atoms with Crippen molar-refractivity contribution in [2.24, 2.45) is 4.99 Å². The number of benzene rings is 1. The fraction of sp³-hybridized carbons (Fsp3) is 0.571. The van der Waals surface area contributed by atoms with Crippen LogP contribution in [0.15, 0.2) is 29.3 Å². The predicted molar refractivity (Wildman–Crippen MR) is 110 cm³/mol. The zero-order valence-electron chi connectivity index (χ0n) is 16.9. The largest absolute Gasteiger partial charge is 0.352 e. The molecule has 2 aliphatic heterocycles. The van der Waals surface area contributed by atoms with Crippen molar-refractivity contribution in [1.82, 2.24) is 20.0 Å². The average Bonchev–Trinajstić information content (AvgIpc) is 3.29. The Morgan fingerprint density at radius 1 is 1.11 bits per heavy atom. The van der Waals surface area contributed by atoms with Gasteiger partial charge in [-0.1, -0.05) is 12.1 Å². The number of guanidine groups is 1. The summed E-state index contributed by atoms with van der Waals surface area (Å²) in [4.78, 5) is 23.6. The van der Waals surface area contributed by atoms with Crippen molar-refractivity contribution in [1.29, 1.82) is 5.26 Å². The summed E-state index contributed by atoms with van der Waals surface area (Å²) >= 11 is 0. The summed E-state index contributed by atoms with van der Waals surface area (Å²) in [5, 5.41) is 12.3. The highest BCUT2D eigenvalue weighted by molar-refractivity contribution is 5.82.